The molecule has 8 heteroatoms. The van der Waals surface area contributed by atoms with Crippen molar-refractivity contribution < 1.29 is 17.6 Å². The Kier molecular flexibility index (Phi) is 6.43. The van der Waals surface area contributed by atoms with Gasteiger partial charge in [-0.2, -0.15) is 0 Å². The fraction of sp³-hybridized carbons (Fsp3) is 0.136. The van der Waals surface area contributed by atoms with Crippen molar-refractivity contribution in [3.8, 4) is 0 Å². The van der Waals surface area contributed by atoms with Gasteiger partial charge in [0.05, 0.1) is 26.9 Å². The predicted octanol–water partition coefficient (Wildman–Crippen LogP) is 4.97. The zero-order valence-corrected chi connectivity index (χ0v) is 18.0. The van der Waals surface area contributed by atoms with E-state index < -0.39 is 21.7 Å². The summed E-state index contributed by atoms with van der Waals surface area (Å²) in [6.45, 7) is 1.92. The number of nitrogens with zero attached hydrogens (tertiary/aromatic N) is 2. The Labute approximate surface area is 180 Å². The van der Waals surface area contributed by atoms with E-state index in [1.54, 1.807) is 43.3 Å². The van der Waals surface area contributed by atoms with E-state index in [1.165, 1.54) is 47.8 Å². The molecule has 0 fully saturated rings. The molecular weight excluding hydrogens is 427 g/mol. The minimum absolute atomic E-state index is 0.0346. The number of anilines is 2. The molecule has 3 aromatic carbocycles. The van der Waals surface area contributed by atoms with Crippen LogP contribution in [0.15, 0.2) is 77.7 Å². The molecule has 0 radical (unpaired) electrons. The van der Waals surface area contributed by atoms with Crippen LogP contribution in [0.4, 0.5) is 15.8 Å². The monoisotopic (exact) mass is 446 g/mol. The molecule has 0 atom stereocenters. The van der Waals surface area contributed by atoms with Crippen molar-refractivity contribution in [2.45, 2.75) is 11.8 Å². The molecule has 0 unspecified atom stereocenters. The van der Waals surface area contributed by atoms with Gasteiger partial charge in [0.2, 0.25) is 0 Å². The Morgan fingerprint density at radius 3 is 2.27 bits per heavy atom. The number of hydrogen-bond donors (Lipinski definition) is 0. The second-order valence-corrected chi connectivity index (χ2v) is 8.73. The summed E-state index contributed by atoms with van der Waals surface area (Å²) in [5.74, 6) is -1.20. The maximum Gasteiger partial charge on any atom is 0.264 e. The molecule has 0 aliphatic carbocycles. The largest absolute Gasteiger partial charge is 0.309 e. The fourth-order valence-corrected chi connectivity index (χ4v) is 4.75. The van der Waals surface area contributed by atoms with Crippen LogP contribution < -0.4 is 9.21 Å². The molecule has 0 aromatic heterocycles. The average Bonchev–Trinajstić information content (AvgIpc) is 2.74. The second kappa shape index (κ2) is 8.85. The molecule has 0 saturated carbocycles. The van der Waals surface area contributed by atoms with E-state index in [0.29, 0.717) is 5.69 Å². The van der Waals surface area contributed by atoms with Crippen molar-refractivity contribution in [2.24, 2.45) is 0 Å². The third kappa shape index (κ3) is 4.17. The fourth-order valence-electron chi connectivity index (χ4n) is 3.06. The number of carbonyl (C=O) groups is 1. The lowest BCUT2D eigenvalue weighted by Gasteiger charge is -2.24. The topological polar surface area (TPSA) is 57.7 Å². The summed E-state index contributed by atoms with van der Waals surface area (Å²) in [6.07, 6.45) is 0. The van der Waals surface area contributed by atoms with Crippen LogP contribution in [0.25, 0.3) is 0 Å². The van der Waals surface area contributed by atoms with E-state index in [0.717, 1.165) is 4.90 Å². The minimum Gasteiger partial charge on any atom is -0.309 e. The Bertz CT molecular complexity index is 1170. The molecule has 0 aliphatic rings. The molecule has 0 bridgehead atoms. The summed E-state index contributed by atoms with van der Waals surface area (Å²) in [6, 6.07) is 18.4. The highest BCUT2D eigenvalue weighted by atomic mass is 35.5. The number of hydrogen-bond acceptors (Lipinski definition) is 3. The van der Waals surface area contributed by atoms with Gasteiger partial charge in [0.15, 0.2) is 0 Å². The third-order valence-electron chi connectivity index (χ3n) is 4.61. The van der Waals surface area contributed by atoms with E-state index in [4.69, 9.17) is 11.6 Å². The quantitative estimate of drug-likeness (QED) is 0.537. The average molecular weight is 447 g/mol. The predicted molar refractivity (Wildman–Crippen MR) is 117 cm³/mol. The van der Waals surface area contributed by atoms with Crippen LogP contribution in [-0.2, 0) is 10.0 Å². The summed E-state index contributed by atoms with van der Waals surface area (Å²) in [5, 5.41) is 0.0740. The molecule has 0 aliphatic heterocycles. The molecule has 0 saturated heterocycles. The highest BCUT2D eigenvalue weighted by Crippen LogP contribution is 2.28. The lowest BCUT2D eigenvalue weighted by Crippen LogP contribution is -2.31. The molecular formula is C22H20ClFN2O3S. The molecule has 0 N–H and O–H groups in total. The summed E-state index contributed by atoms with van der Waals surface area (Å²) in [4.78, 5) is 14.0. The molecule has 156 valence electrons. The summed E-state index contributed by atoms with van der Waals surface area (Å²) in [5.41, 5.74) is 0.533. The van der Waals surface area contributed by atoms with Gasteiger partial charge in [0.25, 0.3) is 15.9 Å². The first-order valence-electron chi connectivity index (χ1n) is 9.17. The van der Waals surface area contributed by atoms with Crippen LogP contribution in [0.3, 0.4) is 0 Å². The van der Waals surface area contributed by atoms with Gasteiger partial charge in [-0.05, 0) is 49.4 Å². The van der Waals surface area contributed by atoms with Gasteiger partial charge in [-0.25, -0.2) is 12.8 Å². The van der Waals surface area contributed by atoms with Gasteiger partial charge in [-0.3, -0.25) is 9.10 Å². The van der Waals surface area contributed by atoms with Crippen molar-refractivity contribution in [1.29, 1.82) is 0 Å². The van der Waals surface area contributed by atoms with Crippen LogP contribution in [0.2, 0.25) is 5.02 Å². The van der Waals surface area contributed by atoms with Crippen LogP contribution in [0, 0.1) is 5.82 Å². The second-order valence-electron chi connectivity index (χ2n) is 6.46. The van der Waals surface area contributed by atoms with Crippen LogP contribution in [0.5, 0.6) is 0 Å². The van der Waals surface area contributed by atoms with Crippen LogP contribution >= 0.6 is 11.6 Å². The number of halogens is 2. The van der Waals surface area contributed by atoms with Gasteiger partial charge in [0, 0.05) is 13.6 Å². The molecule has 0 heterocycles. The van der Waals surface area contributed by atoms with Gasteiger partial charge in [0.1, 0.15) is 5.82 Å². The van der Waals surface area contributed by atoms with Crippen LogP contribution in [-0.4, -0.2) is 27.9 Å². The van der Waals surface area contributed by atoms with Crippen molar-refractivity contribution in [1.82, 2.24) is 0 Å². The van der Waals surface area contributed by atoms with E-state index in [1.807, 2.05) is 0 Å². The number of benzene rings is 3. The zero-order chi connectivity index (χ0) is 21.9. The van der Waals surface area contributed by atoms with Crippen molar-refractivity contribution in [3.63, 3.8) is 0 Å². The molecule has 3 aromatic rings. The Balaban J connectivity index is 2.02. The summed E-state index contributed by atoms with van der Waals surface area (Å²) in [7, 11) is -2.54. The van der Waals surface area contributed by atoms with E-state index >= 15 is 0 Å². The smallest absolute Gasteiger partial charge is 0.264 e. The van der Waals surface area contributed by atoms with Gasteiger partial charge >= 0.3 is 0 Å². The number of amides is 1. The normalized spacial score (nSPS) is 11.2. The Morgan fingerprint density at radius 2 is 1.63 bits per heavy atom. The van der Waals surface area contributed by atoms with Crippen molar-refractivity contribution in [2.75, 3.05) is 22.8 Å². The van der Waals surface area contributed by atoms with Crippen LogP contribution in [0.1, 0.15) is 17.3 Å². The molecule has 5 nitrogen and oxygen atoms in total. The first-order chi connectivity index (χ1) is 14.3. The van der Waals surface area contributed by atoms with E-state index in [-0.39, 0.29) is 27.7 Å². The summed E-state index contributed by atoms with van der Waals surface area (Å²) < 4.78 is 41.8. The van der Waals surface area contributed by atoms with Crippen molar-refractivity contribution in [3.05, 3.63) is 89.2 Å². The summed E-state index contributed by atoms with van der Waals surface area (Å²) >= 11 is 6.19. The first-order valence-corrected chi connectivity index (χ1v) is 11.0. The van der Waals surface area contributed by atoms with E-state index in [9.17, 15) is 17.6 Å². The molecule has 1 amide bonds. The lowest BCUT2D eigenvalue weighted by atomic mass is 10.2. The number of rotatable bonds is 6. The standard InChI is InChI=1S/C22H20ClFN2O3S/c1-3-26(16-9-5-4-6-10-16)30(28,29)17-13-14-19(23)18(15-17)22(27)25(2)21-12-8-7-11-20(21)24/h4-15H,3H2,1-2H3. The van der Waals surface area contributed by atoms with Gasteiger partial charge in [-0.1, -0.05) is 41.9 Å². The highest BCUT2D eigenvalue weighted by molar-refractivity contribution is 7.92. The zero-order valence-electron chi connectivity index (χ0n) is 16.4. The third-order valence-corrected chi connectivity index (χ3v) is 6.83. The minimum atomic E-state index is -3.95. The van der Waals surface area contributed by atoms with Gasteiger partial charge < -0.3 is 4.90 Å². The molecule has 0 spiro atoms. The van der Waals surface area contributed by atoms with Crippen molar-refractivity contribution >= 4 is 38.9 Å². The molecule has 30 heavy (non-hydrogen) atoms. The number of carbonyl (C=O) groups excluding carboxylic acids is 1. The maximum absolute atomic E-state index is 14.1. The lowest BCUT2D eigenvalue weighted by molar-refractivity contribution is 0.0992. The van der Waals surface area contributed by atoms with Gasteiger partial charge in [-0.15, -0.1) is 0 Å². The van der Waals surface area contributed by atoms with E-state index in [2.05, 4.69) is 0 Å². The molecule has 3 rings (SSSR count). The highest BCUT2D eigenvalue weighted by Gasteiger charge is 2.27. The maximum atomic E-state index is 14.1. The Hall–Kier alpha value is -2.90. The number of sulfonamides is 1. The first kappa shape index (κ1) is 21.8. The number of para-hydroxylation sites is 2. The Morgan fingerprint density at radius 1 is 1.00 bits per heavy atom. The SMILES string of the molecule is CCN(c1ccccc1)S(=O)(=O)c1ccc(Cl)c(C(=O)N(C)c2ccccc2F)c1.